The molecular formula is C21H20O4. The Morgan fingerprint density at radius 1 is 1.04 bits per heavy atom. The van der Waals surface area contributed by atoms with Crippen LogP contribution in [0.25, 0.3) is 11.1 Å². The first-order valence-corrected chi connectivity index (χ1v) is 8.20. The van der Waals surface area contributed by atoms with Crippen LogP contribution in [0, 0.1) is 6.92 Å². The second-order valence-electron chi connectivity index (χ2n) is 5.87. The van der Waals surface area contributed by atoms with E-state index in [0.717, 1.165) is 22.6 Å². The molecule has 0 bridgehead atoms. The van der Waals surface area contributed by atoms with Gasteiger partial charge in [-0.25, -0.2) is 0 Å². The second-order valence-corrected chi connectivity index (χ2v) is 5.87. The van der Waals surface area contributed by atoms with E-state index in [0.29, 0.717) is 18.8 Å². The van der Waals surface area contributed by atoms with Crippen LogP contribution >= 0.6 is 0 Å². The van der Waals surface area contributed by atoms with Crippen molar-refractivity contribution in [3.8, 4) is 16.9 Å². The molecule has 0 aliphatic carbocycles. The fourth-order valence-electron chi connectivity index (χ4n) is 2.62. The molecule has 0 fully saturated rings. The Kier molecular flexibility index (Phi) is 5.19. The fourth-order valence-corrected chi connectivity index (χ4v) is 2.62. The normalized spacial score (nSPS) is 10.6. The SMILES string of the molecule is Cc1oc(CCC(=O)O)cc1COc1ccc(-c2ccccc2)cc1. The molecule has 0 saturated carbocycles. The predicted octanol–water partition coefficient (Wildman–Crippen LogP) is 4.85. The van der Waals surface area contributed by atoms with Gasteiger partial charge in [0.15, 0.2) is 0 Å². The molecule has 0 spiro atoms. The zero-order valence-electron chi connectivity index (χ0n) is 14.1. The molecule has 25 heavy (non-hydrogen) atoms. The van der Waals surface area contributed by atoms with Crippen molar-refractivity contribution < 1.29 is 19.1 Å². The average molecular weight is 336 g/mol. The lowest BCUT2D eigenvalue weighted by molar-refractivity contribution is -0.137. The summed E-state index contributed by atoms with van der Waals surface area (Å²) in [6, 6.07) is 20.0. The van der Waals surface area contributed by atoms with Gasteiger partial charge in [0.1, 0.15) is 23.9 Å². The summed E-state index contributed by atoms with van der Waals surface area (Å²) in [6.45, 7) is 2.26. The Balaban J connectivity index is 1.61. The zero-order valence-corrected chi connectivity index (χ0v) is 14.1. The lowest BCUT2D eigenvalue weighted by atomic mass is 10.1. The quantitative estimate of drug-likeness (QED) is 0.670. The Morgan fingerprint density at radius 3 is 2.40 bits per heavy atom. The highest BCUT2D eigenvalue weighted by Crippen LogP contribution is 2.23. The number of carboxylic acids is 1. The van der Waals surface area contributed by atoms with Crippen LogP contribution in [0.4, 0.5) is 0 Å². The molecule has 4 heteroatoms. The standard InChI is InChI=1S/C21H20O4/c1-15-18(13-20(25-15)11-12-21(22)23)14-24-19-9-7-17(8-10-19)16-5-3-2-4-6-16/h2-10,13H,11-12,14H2,1H3,(H,22,23). The summed E-state index contributed by atoms with van der Waals surface area (Å²) in [7, 11) is 0. The molecule has 0 unspecified atom stereocenters. The van der Waals surface area contributed by atoms with Crippen molar-refractivity contribution in [3.63, 3.8) is 0 Å². The van der Waals surface area contributed by atoms with Crippen LogP contribution in [0.15, 0.2) is 65.1 Å². The maximum atomic E-state index is 10.6. The summed E-state index contributed by atoms with van der Waals surface area (Å²) >= 11 is 0. The maximum absolute atomic E-state index is 10.6. The lowest BCUT2D eigenvalue weighted by Gasteiger charge is -2.07. The monoisotopic (exact) mass is 336 g/mol. The summed E-state index contributed by atoms with van der Waals surface area (Å²) in [5.41, 5.74) is 3.25. The van der Waals surface area contributed by atoms with Gasteiger partial charge in [0.05, 0.1) is 6.42 Å². The third-order valence-electron chi connectivity index (χ3n) is 4.01. The number of benzene rings is 2. The van der Waals surface area contributed by atoms with Crippen LogP contribution in [0.5, 0.6) is 5.75 Å². The summed E-state index contributed by atoms with van der Waals surface area (Å²) in [4.78, 5) is 10.6. The van der Waals surface area contributed by atoms with Gasteiger partial charge in [-0.1, -0.05) is 42.5 Å². The van der Waals surface area contributed by atoms with Crippen molar-refractivity contribution in [1.29, 1.82) is 0 Å². The molecule has 1 N–H and O–H groups in total. The van der Waals surface area contributed by atoms with E-state index in [1.807, 2.05) is 55.5 Å². The molecule has 0 amide bonds. The minimum Gasteiger partial charge on any atom is -0.489 e. The largest absolute Gasteiger partial charge is 0.489 e. The van der Waals surface area contributed by atoms with Crippen molar-refractivity contribution >= 4 is 5.97 Å². The third-order valence-corrected chi connectivity index (χ3v) is 4.01. The number of aliphatic carboxylic acids is 1. The Labute approximate surface area is 146 Å². The Morgan fingerprint density at radius 2 is 1.72 bits per heavy atom. The molecule has 1 aromatic heterocycles. The fraction of sp³-hybridized carbons (Fsp3) is 0.190. The number of ether oxygens (including phenoxy) is 1. The number of aryl methyl sites for hydroxylation is 2. The van der Waals surface area contributed by atoms with Gasteiger partial charge in [-0.15, -0.1) is 0 Å². The van der Waals surface area contributed by atoms with Crippen LogP contribution in [-0.4, -0.2) is 11.1 Å². The summed E-state index contributed by atoms with van der Waals surface area (Å²) in [5, 5.41) is 8.74. The molecule has 0 aliphatic heterocycles. The van der Waals surface area contributed by atoms with Crippen LogP contribution < -0.4 is 4.74 Å². The average Bonchev–Trinajstić information content (AvgIpc) is 2.99. The molecule has 0 aliphatic rings. The Hall–Kier alpha value is -3.01. The van der Waals surface area contributed by atoms with Gasteiger partial charge in [-0.3, -0.25) is 4.79 Å². The van der Waals surface area contributed by atoms with Gasteiger partial charge in [-0.2, -0.15) is 0 Å². The third kappa shape index (κ3) is 4.51. The van der Waals surface area contributed by atoms with Crippen LogP contribution in [0.1, 0.15) is 23.5 Å². The van der Waals surface area contributed by atoms with Crippen LogP contribution in [-0.2, 0) is 17.8 Å². The first-order chi connectivity index (χ1) is 12.1. The van der Waals surface area contributed by atoms with E-state index in [9.17, 15) is 4.79 Å². The summed E-state index contributed by atoms with van der Waals surface area (Å²) < 4.78 is 11.4. The highest BCUT2D eigenvalue weighted by molar-refractivity contribution is 5.67. The molecule has 0 saturated heterocycles. The van der Waals surface area contributed by atoms with Gasteiger partial charge in [0.25, 0.3) is 0 Å². The predicted molar refractivity (Wildman–Crippen MR) is 95.6 cm³/mol. The van der Waals surface area contributed by atoms with Gasteiger partial charge in [-0.05, 0) is 36.2 Å². The molecular weight excluding hydrogens is 316 g/mol. The van der Waals surface area contributed by atoms with Crippen LogP contribution in [0.3, 0.4) is 0 Å². The first-order valence-electron chi connectivity index (χ1n) is 8.20. The number of hydrogen-bond acceptors (Lipinski definition) is 3. The molecule has 1 heterocycles. The van der Waals surface area contributed by atoms with Crippen molar-refractivity contribution in [1.82, 2.24) is 0 Å². The zero-order chi connectivity index (χ0) is 17.6. The van der Waals surface area contributed by atoms with Gasteiger partial charge in [0.2, 0.25) is 0 Å². The molecule has 128 valence electrons. The van der Waals surface area contributed by atoms with E-state index in [1.165, 1.54) is 5.56 Å². The molecule has 4 nitrogen and oxygen atoms in total. The van der Waals surface area contributed by atoms with Crippen molar-refractivity contribution in [2.24, 2.45) is 0 Å². The highest BCUT2D eigenvalue weighted by Gasteiger charge is 2.10. The van der Waals surface area contributed by atoms with Gasteiger partial charge in [0, 0.05) is 12.0 Å². The molecule has 0 atom stereocenters. The molecule has 0 radical (unpaired) electrons. The summed E-state index contributed by atoms with van der Waals surface area (Å²) in [5.74, 6) is 1.40. The minimum atomic E-state index is -0.828. The number of carbonyl (C=O) groups is 1. The van der Waals surface area contributed by atoms with E-state index in [-0.39, 0.29) is 6.42 Å². The number of furan rings is 1. The van der Waals surface area contributed by atoms with E-state index < -0.39 is 5.97 Å². The smallest absolute Gasteiger partial charge is 0.303 e. The lowest BCUT2D eigenvalue weighted by Crippen LogP contribution is -1.96. The summed E-state index contributed by atoms with van der Waals surface area (Å²) in [6.07, 6.45) is 0.455. The van der Waals surface area contributed by atoms with E-state index >= 15 is 0 Å². The number of hydrogen-bond donors (Lipinski definition) is 1. The minimum absolute atomic E-state index is 0.0637. The van der Waals surface area contributed by atoms with Crippen molar-refractivity contribution in [3.05, 3.63) is 77.7 Å². The van der Waals surface area contributed by atoms with E-state index in [4.69, 9.17) is 14.3 Å². The maximum Gasteiger partial charge on any atom is 0.303 e. The topological polar surface area (TPSA) is 59.7 Å². The molecule has 3 aromatic rings. The molecule has 3 rings (SSSR count). The van der Waals surface area contributed by atoms with Crippen LogP contribution in [0.2, 0.25) is 0 Å². The molecule has 2 aromatic carbocycles. The highest BCUT2D eigenvalue weighted by atomic mass is 16.5. The number of carboxylic acid groups (broad SMARTS) is 1. The second kappa shape index (κ2) is 7.71. The number of rotatable bonds is 7. The van der Waals surface area contributed by atoms with Crippen molar-refractivity contribution in [2.75, 3.05) is 0 Å². The van der Waals surface area contributed by atoms with Crippen molar-refractivity contribution in [2.45, 2.75) is 26.4 Å². The van der Waals surface area contributed by atoms with Gasteiger partial charge < -0.3 is 14.3 Å². The Bertz CT molecular complexity index is 832. The first kappa shape index (κ1) is 16.8. The van der Waals surface area contributed by atoms with E-state index in [1.54, 1.807) is 0 Å². The van der Waals surface area contributed by atoms with Gasteiger partial charge >= 0.3 is 5.97 Å². The van der Waals surface area contributed by atoms with E-state index in [2.05, 4.69) is 12.1 Å².